The molecule has 0 aromatic heterocycles. The van der Waals surface area contributed by atoms with E-state index < -0.39 is 11.0 Å². The highest BCUT2D eigenvalue weighted by molar-refractivity contribution is 6.04. The lowest BCUT2D eigenvalue weighted by molar-refractivity contribution is -0.155. The van der Waals surface area contributed by atoms with Gasteiger partial charge in [0.2, 0.25) is 5.91 Å². The van der Waals surface area contributed by atoms with Crippen LogP contribution in [0.15, 0.2) is 0 Å². The van der Waals surface area contributed by atoms with Gasteiger partial charge in [-0.25, -0.2) is 0 Å². The predicted molar refractivity (Wildman–Crippen MR) is 49.4 cm³/mol. The molecule has 1 amide bonds. The molecule has 0 aromatic rings. The summed E-state index contributed by atoms with van der Waals surface area (Å²) >= 11 is 0. The quantitative estimate of drug-likeness (QED) is 0.453. The second-order valence-corrected chi connectivity index (χ2v) is 4.79. The van der Waals surface area contributed by atoms with E-state index in [0.717, 1.165) is 6.42 Å². The molecule has 0 saturated carbocycles. The molecule has 14 heavy (non-hydrogen) atoms. The second-order valence-electron chi connectivity index (χ2n) is 4.79. The van der Waals surface area contributed by atoms with Crippen LogP contribution in [0.2, 0.25) is 0 Å². The molecule has 2 aliphatic rings. The Morgan fingerprint density at radius 1 is 1.36 bits per heavy atom. The summed E-state index contributed by atoms with van der Waals surface area (Å²) in [5.74, 6) is -0.578. The van der Waals surface area contributed by atoms with Crippen molar-refractivity contribution in [2.75, 3.05) is 6.54 Å². The van der Waals surface area contributed by atoms with Gasteiger partial charge in [-0.3, -0.25) is 9.59 Å². The molecule has 4 heteroatoms. The maximum absolute atomic E-state index is 11.7. The first kappa shape index (κ1) is 9.49. The van der Waals surface area contributed by atoms with Crippen molar-refractivity contribution in [1.82, 2.24) is 5.32 Å². The van der Waals surface area contributed by atoms with Crippen LogP contribution in [0.1, 0.15) is 27.2 Å². The summed E-state index contributed by atoms with van der Waals surface area (Å²) in [6.07, 6.45) is 0.807. The van der Waals surface area contributed by atoms with Gasteiger partial charge < -0.3 is 10.1 Å². The maximum Gasteiger partial charge on any atom is 0.322 e. The Morgan fingerprint density at radius 2 is 2.00 bits per heavy atom. The Balaban J connectivity index is 2.45. The number of amides is 1. The molecule has 4 nitrogen and oxygen atoms in total. The van der Waals surface area contributed by atoms with E-state index in [-0.39, 0.29) is 17.8 Å². The molecule has 2 unspecified atom stereocenters. The molecule has 78 valence electrons. The third-order valence-corrected chi connectivity index (χ3v) is 3.51. The highest BCUT2D eigenvalue weighted by atomic mass is 16.6. The summed E-state index contributed by atoms with van der Waals surface area (Å²) in [7, 11) is 0. The third kappa shape index (κ3) is 0.938. The summed E-state index contributed by atoms with van der Waals surface area (Å²) in [5, 5.41) is 2.72. The van der Waals surface area contributed by atoms with Crippen molar-refractivity contribution in [2.24, 2.45) is 11.3 Å². The van der Waals surface area contributed by atoms with Crippen molar-refractivity contribution in [2.45, 2.75) is 32.8 Å². The zero-order chi connectivity index (χ0) is 10.6. The number of nitrogens with one attached hydrogen (secondary N) is 1. The lowest BCUT2D eigenvalue weighted by Gasteiger charge is -2.35. The number of cyclic esters (lactones) is 1. The smallest absolute Gasteiger partial charge is 0.322 e. The Morgan fingerprint density at radius 3 is 2.57 bits per heavy atom. The number of hydrogen-bond acceptors (Lipinski definition) is 3. The van der Waals surface area contributed by atoms with Gasteiger partial charge in [0.1, 0.15) is 11.0 Å². The first-order valence-electron chi connectivity index (χ1n) is 4.91. The number of piperidine rings is 1. The van der Waals surface area contributed by atoms with Crippen molar-refractivity contribution in [3.8, 4) is 0 Å². The molecular weight excluding hydrogens is 182 g/mol. The lowest BCUT2D eigenvalue weighted by Crippen LogP contribution is -2.53. The predicted octanol–water partition coefficient (Wildman–Crippen LogP) is 0.464. The van der Waals surface area contributed by atoms with Crippen LogP contribution in [-0.4, -0.2) is 24.0 Å². The van der Waals surface area contributed by atoms with E-state index in [0.29, 0.717) is 6.54 Å². The van der Waals surface area contributed by atoms with E-state index in [1.165, 1.54) is 0 Å². The topological polar surface area (TPSA) is 55.4 Å². The molecule has 2 rings (SSSR count). The highest BCUT2D eigenvalue weighted by Gasteiger charge is 2.63. The molecule has 0 bridgehead atoms. The van der Waals surface area contributed by atoms with E-state index in [9.17, 15) is 9.59 Å². The molecule has 2 atom stereocenters. The molecular formula is C10H15NO3. The van der Waals surface area contributed by atoms with Crippen molar-refractivity contribution < 1.29 is 14.3 Å². The normalized spacial score (nSPS) is 40.1. The minimum absolute atomic E-state index is 0.00347. The molecule has 2 aliphatic heterocycles. The molecule has 0 aliphatic carbocycles. The van der Waals surface area contributed by atoms with Crippen LogP contribution in [-0.2, 0) is 14.3 Å². The van der Waals surface area contributed by atoms with Gasteiger partial charge in [0.25, 0.3) is 0 Å². The van der Waals surface area contributed by atoms with E-state index in [2.05, 4.69) is 5.32 Å². The van der Waals surface area contributed by atoms with Gasteiger partial charge in [-0.2, -0.15) is 0 Å². The zero-order valence-electron chi connectivity index (χ0n) is 8.72. The van der Waals surface area contributed by atoms with Gasteiger partial charge in [0.05, 0.1) is 0 Å². The van der Waals surface area contributed by atoms with Gasteiger partial charge in [0.15, 0.2) is 0 Å². The number of ether oxygens (including phenoxy) is 1. The molecule has 2 fully saturated rings. The molecule has 2 saturated heterocycles. The molecule has 1 N–H and O–H groups in total. The standard InChI is InChI=1S/C10H15NO3/c1-9(2)6-4-5-11-7(12)10(6,3)8(13)14-9/h6H,4-5H2,1-3H3,(H,11,12). The minimum atomic E-state index is -0.970. The molecule has 0 aromatic carbocycles. The SMILES string of the molecule is CC1(C)OC(=O)C2(C)C(=O)NCCC12. The van der Waals surface area contributed by atoms with Gasteiger partial charge in [0, 0.05) is 12.5 Å². The van der Waals surface area contributed by atoms with Gasteiger partial charge in [-0.1, -0.05) is 0 Å². The number of carbonyl (C=O) groups is 2. The molecule has 0 radical (unpaired) electrons. The Hall–Kier alpha value is -1.06. The average Bonchev–Trinajstić information content (AvgIpc) is 2.24. The van der Waals surface area contributed by atoms with Crippen molar-refractivity contribution in [3.63, 3.8) is 0 Å². The summed E-state index contributed by atoms with van der Waals surface area (Å²) < 4.78 is 5.27. The summed E-state index contributed by atoms with van der Waals surface area (Å²) in [6.45, 7) is 6.07. The Labute approximate surface area is 83.0 Å². The van der Waals surface area contributed by atoms with E-state index in [1.54, 1.807) is 6.92 Å². The van der Waals surface area contributed by atoms with Crippen LogP contribution in [0.5, 0.6) is 0 Å². The fourth-order valence-corrected chi connectivity index (χ4v) is 2.65. The largest absolute Gasteiger partial charge is 0.459 e. The third-order valence-electron chi connectivity index (χ3n) is 3.51. The van der Waals surface area contributed by atoms with Crippen LogP contribution in [0.4, 0.5) is 0 Å². The van der Waals surface area contributed by atoms with Crippen molar-refractivity contribution in [1.29, 1.82) is 0 Å². The fraction of sp³-hybridized carbons (Fsp3) is 0.800. The monoisotopic (exact) mass is 197 g/mol. The van der Waals surface area contributed by atoms with E-state index >= 15 is 0 Å². The van der Waals surface area contributed by atoms with Gasteiger partial charge in [-0.05, 0) is 27.2 Å². The van der Waals surface area contributed by atoms with Crippen LogP contribution in [0, 0.1) is 11.3 Å². The fourth-order valence-electron chi connectivity index (χ4n) is 2.65. The average molecular weight is 197 g/mol. The maximum atomic E-state index is 11.7. The molecule has 0 spiro atoms. The number of rotatable bonds is 0. The van der Waals surface area contributed by atoms with Gasteiger partial charge in [-0.15, -0.1) is 0 Å². The second kappa shape index (κ2) is 2.49. The summed E-state index contributed by atoms with van der Waals surface area (Å²) in [4.78, 5) is 23.4. The van der Waals surface area contributed by atoms with Crippen molar-refractivity contribution >= 4 is 11.9 Å². The van der Waals surface area contributed by atoms with Crippen LogP contribution in [0.3, 0.4) is 0 Å². The summed E-state index contributed by atoms with van der Waals surface area (Å²) in [5.41, 5.74) is -1.48. The van der Waals surface area contributed by atoms with Crippen LogP contribution < -0.4 is 5.32 Å². The van der Waals surface area contributed by atoms with E-state index in [4.69, 9.17) is 4.74 Å². The molecule has 2 heterocycles. The van der Waals surface area contributed by atoms with Crippen LogP contribution >= 0.6 is 0 Å². The number of fused-ring (bicyclic) bond motifs is 1. The number of carbonyl (C=O) groups excluding carboxylic acids is 2. The Kier molecular flexibility index (Phi) is 1.69. The summed E-state index contributed by atoms with van der Waals surface area (Å²) in [6, 6.07) is 0. The van der Waals surface area contributed by atoms with Gasteiger partial charge >= 0.3 is 5.97 Å². The lowest BCUT2D eigenvalue weighted by atomic mass is 9.68. The first-order chi connectivity index (χ1) is 6.39. The first-order valence-corrected chi connectivity index (χ1v) is 4.91. The zero-order valence-corrected chi connectivity index (χ0v) is 8.72. The van der Waals surface area contributed by atoms with Crippen LogP contribution in [0.25, 0.3) is 0 Å². The number of hydrogen-bond donors (Lipinski definition) is 1. The Bertz CT molecular complexity index is 310. The van der Waals surface area contributed by atoms with E-state index in [1.807, 2.05) is 13.8 Å². The van der Waals surface area contributed by atoms with Crippen molar-refractivity contribution in [3.05, 3.63) is 0 Å². The number of esters is 1. The highest BCUT2D eigenvalue weighted by Crippen LogP contribution is 2.49. The minimum Gasteiger partial charge on any atom is -0.459 e.